The monoisotopic (exact) mass is 408 g/mol. The largest absolute Gasteiger partial charge is 0.491 e. The summed E-state index contributed by atoms with van der Waals surface area (Å²) in [4.78, 5) is 16.9. The van der Waals surface area contributed by atoms with Crippen LogP contribution in [0.2, 0.25) is 0 Å². The number of hydrogen-bond acceptors (Lipinski definition) is 5. The molecule has 0 unspecified atom stereocenters. The van der Waals surface area contributed by atoms with Gasteiger partial charge in [-0.3, -0.25) is 4.79 Å². The van der Waals surface area contributed by atoms with Crippen molar-refractivity contribution in [3.63, 3.8) is 0 Å². The lowest BCUT2D eigenvalue weighted by Crippen LogP contribution is -2.30. The van der Waals surface area contributed by atoms with E-state index >= 15 is 0 Å². The third-order valence-corrected chi connectivity index (χ3v) is 5.79. The second-order valence-corrected chi connectivity index (χ2v) is 8.07. The number of hydrogen-bond donors (Lipinski definition) is 2. The second-order valence-electron chi connectivity index (χ2n) is 8.07. The van der Waals surface area contributed by atoms with Crippen LogP contribution in [0.3, 0.4) is 0 Å². The molecule has 1 heterocycles. The third kappa shape index (κ3) is 3.51. The van der Waals surface area contributed by atoms with Crippen molar-refractivity contribution in [3.8, 4) is 5.75 Å². The van der Waals surface area contributed by atoms with Crippen molar-refractivity contribution in [1.29, 1.82) is 0 Å². The molecule has 0 saturated heterocycles. The van der Waals surface area contributed by atoms with Gasteiger partial charge in [0.1, 0.15) is 12.4 Å². The Morgan fingerprint density at radius 3 is 2.60 bits per heavy atom. The van der Waals surface area contributed by atoms with Gasteiger partial charge in [-0.1, -0.05) is 26.0 Å². The molecule has 6 nitrogen and oxygen atoms in total. The van der Waals surface area contributed by atoms with E-state index in [0.29, 0.717) is 33.0 Å². The first-order chi connectivity index (χ1) is 14.5. The first kappa shape index (κ1) is 20.6. The molecule has 0 bridgehead atoms. The molecule has 0 spiro atoms. The van der Waals surface area contributed by atoms with Crippen molar-refractivity contribution in [2.75, 3.05) is 33.5 Å². The number of benzene rings is 2. The zero-order valence-corrected chi connectivity index (χ0v) is 17.7. The highest BCUT2D eigenvalue weighted by Gasteiger charge is 2.39. The van der Waals surface area contributed by atoms with Gasteiger partial charge in [-0.05, 0) is 35.4 Å². The summed E-state index contributed by atoms with van der Waals surface area (Å²) >= 11 is 0. The zero-order valence-electron chi connectivity index (χ0n) is 17.7. The van der Waals surface area contributed by atoms with Crippen LogP contribution in [0.25, 0.3) is 10.9 Å². The van der Waals surface area contributed by atoms with Crippen LogP contribution >= 0.6 is 0 Å². The quantitative estimate of drug-likeness (QED) is 0.557. The number of carbonyl (C=O) groups is 1. The molecule has 2 aromatic carbocycles. The Balaban J connectivity index is 1.64. The SMILES string of the molecule is COCCOCCOc1ccc2c(c1)C(C)(C)c1[nH]c3cc(CN)ccc3c1C2=O. The van der Waals surface area contributed by atoms with Gasteiger partial charge in [-0.2, -0.15) is 0 Å². The molecule has 0 fully saturated rings. The van der Waals surface area contributed by atoms with E-state index in [1.165, 1.54) is 0 Å². The maximum absolute atomic E-state index is 13.4. The van der Waals surface area contributed by atoms with Gasteiger partial charge < -0.3 is 24.9 Å². The van der Waals surface area contributed by atoms with Crippen molar-refractivity contribution in [2.24, 2.45) is 5.73 Å². The van der Waals surface area contributed by atoms with E-state index in [2.05, 4.69) is 18.8 Å². The molecule has 3 aromatic rings. The number of carbonyl (C=O) groups excluding carboxylic acids is 1. The molecule has 6 heteroatoms. The van der Waals surface area contributed by atoms with Gasteiger partial charge in [-0.15, -0.1) is 0 Å². The second kappa shape index (κ2) is 8.22. The average Bonchev–Trinajstić information content (AvgIpc) is 3.14. The minimum absolute atomic E-state index is 0.0422. The predicted molar refractivity (Wildman–Crippen MR) is 116 cm³/mol. The number of rotatable bonds is 8. The number of methoxy groups -OCH3 is 1. The fourth-order valence-electron chi connectivity index (χ4n) is 4.14. The van der Waals surface area contributed by atoms with Crippen molar-refractivity contribution in [2.45, 2.75) is 25.8 Å². The number of nitrogens with one attached hydrogen (secondary N) is 1. The Kier molecular flexibility index (Phi) is 5.64. The molecular weight excluding hydrogens is 380 g/mol. The minimum Gasteiger partial charge on any atom is -0.491 e. The number of ketones is 1. The fraction of sp³-hybridized carbons (Fsp3) is 0.375. The van der Waals surface area contributed by atoms with E-state index in [-0.39, 0.29) is 11.2 Å². The third-order valence-electron chi connectivity index (χ3n) is 5.79. The summed E-state index contributed by atoms with van der Waals surface area (Å²) in [6, 6.07) is 11.7. The molecule has 0 aliphatic heterocycles. The molecule has 1 aromatic heterocycles. The van der Waals surface area contributed by atoms with E-state index < -0.39 is 0 Å². The Labute approximate surface area is 176 Å². The maximum Gasteiger partial charge on any atom is 0.195 e. The average molecular weight is 408 g/mol. The summed E-state index contributed by atoms with van der Waals surface area (Å²) in [5, 5.41) is 0.944. The van der Waals surface area contributed by atoms with Crippen LogP contribution in [0.4, 0.5) is 0 Å². The molecular formula is C24H28N2O4. The molecule has 0 radical (unpaired) electrons. The summed E-state index contributed by atoms with van der Waals surface area (Å²) in [7, 11) is 1.64. The summed E-state index contributed by atoms with van der Waals surface area (Å²) < 4.78 is 16.3. The van der Waals surface area contributed by atoms with Crippen LogP contribution in [-0.2, 0) is 21.4 Å². The van der Waals surface area contributed by atoms with Crippen molar-refractivity contribution in [3.05, 3.63) is 64.3 Å². The number of fused-ring (bicyclic) bond motifs is 4. The molecule has 1 aliphatic rings. The van der Waals surface area contributed by atoms with Crippen molar-refractivity contribution >= 4 is 16.7 Å². The summed E-state index contributed by atoms with van der Waals surface area (Å²) in [5.74, 6) is 0.774. The van der Waals surface area contributed by atoms with Crippen LogP contribution in [0.1, 0.15) is 46.6 Å². The number of aromatic nitrogens is 1. The first-order valence-corrected chi connectivity index (χ1v) is 10.2. The molecule has 0 amide bonds. The van der Waals surface area contributed by atoms with Gasteiger partial charge in [0.05, 0.1) is 25.4 Å². The Bertz CT molecular complexity index is 1080. The maximum atomic E-state index is 13.4. The number of nitrogens with two attached hydrogens (primary N) is 1. The summed E-state index contributed by atoms with van der Waals surface area (Å²) in [5.41, 5.74) is 10.8. The van der Waals surface area contributed by atoms with E-state index in [4.69, 9.17) is 19.9 Å². The van der Waals surface area contributed by atoms with Crippen LogP contribution in [0.5, 0.6) is 5.75 Å². The van der Waals surface area contributed by atoms with Gasteiger partial charge in [0.15, 0.2) is 5.78 Å². The van der Waals surface area contributed by atoms with Crippen LogP contribution < -0.4 is 10.5 Å². The van der Waals surface area contributed by atoms with E-state index in [9.17, 15) is 4.79 Å². The van der Waals surface area contributed by atoms with E-state index in [0.717, 1.165) is 44.6 Å². The number of aromatic amines is 1. The van der Waals surface area contributed by atoms with Gasteiger partial charge in [0, 0.05) is 41.2 Å². The lowest BCUT2D eigenvalue weighted by atomic mass is 9.71. The number of ether oxygens (including phenoxy) is 3. The lowest BCUT2D eigenvalue weighted by Gasteiger charge is -2.32. The molecule has 0 saturated carbocycles. The van der Waals surface area contributed by atoms with Gasteiger partial charge in [-0.25, -0.2) is 0 Å². The van der Waals surface area contributed by atoms with E-state index in [1.807, 2.05) is 36.4 Å². The van der Waals surface area contributed by atoms with Crippen LogP contribution in [0.15, 0.2) is 36.4 Å². The van der Waals surface area contributed by atoms with Crippen LogP contribution in [-0.4, -0.2) is 44.3 Å². The van der Waals surface area contributed by atoms with Gasteiger partial charge in [0.2, 0.25) is 0 Å². The molecule has 3 N–H and O–H groups in total. The Morgan fingerprint density at radius 2 is 1.83 bits per heavy atom. The first-order valence-electron chi connectivity index (χ1n) is 10.2. The predicted octanol–water partition coefficient (Wildman–Crippen LogP) is 3.54. The normalized spacial score (nSPS) is 14.6. The van der Waals surface area contributed by atoms with Crippen molar-refractivity contribution < 1.29 is 19.0 Å². The molecule has 30 heavy (non-hydrogen) atoms. The highest BCUT2D eigenvalue weighted by molar-refractivity contribution is 6.20. The Morgan fingerprint density at radius 1 is 1.03 bits per heavy atom. The lowest BCUT2D eigenvalue weighted by molar-refractivity contribution is 0.0544. The zero-order chi connectivity index (χ0) is 21.3. The van der Waals surface area contributed by atoms with Crippen molar-refractivity contribution in [1.82, 2.24) is 4.98 Å². The molecule has 4 rings (SSSR count). The fourth-order valence-corrected chi connectivity index (χ4v) is 4.14. The standard InChI is InChI=1S/C24H28N2O4/c1-24(2)19-13-16(30-11-10-29-9-8-28-3)5-7-17(19)22(27)21-18-6-4-15(14-25)12-20(18)26-23(21)24/h4-7,12-13,26H,8-11,14,25H2,1-3H3. The smallest absolute Gasteiger partial charge is 0.195 e. The number of H-pyrrole nitrogens is 1. The Hall–Kier alpha value is -2.67. The highest BCUT2D eigenvalue weighted by Crippen LogP contribution is 2.44. The molecule has 0 atom stereocenters. The van der Waals surface area contributed by atoms with Crippen LogP contribution in [0, 0.1) is 0 Å². The topological polar surface area (TPSA) is 86.6 Å². The van der Waals surface area contributed by atoms with Gasteiger partial charge >= 0.3 is 0 Å². The highest BCUT2D eigenvalue weighted by atomic mass is 16.5. The van der Waals surface area contributed by atoms with Gasteiger partial charge in [0.25, 0.3) is 0 Å². The summed E-state index contributed by atoms with van der Waals surface area (Å²) in [6.07, 6.45) is 0. The molecule has 158 valence electrons. The minimum atomic E-state index is -0.366. The molecule has 1 aliphatic carbocycles. The summed E-state index contributed by atoms with van der Waals surface area (Å²) in [6.45, 7) is 6.76. The van der Waals surface area contributed by atoms with E-state index in [1.54, 1.807) is 7.11 Å².